The van der Waals surface area contributed by atoms with E-state index in [4.69, 9.17) is 14.8 Å². The molecule has 5 nitrogen and oxygen atoms in total. The third-order valence-corrected chi connectivity index (χ3v) is 6.95. The molecular formula is C29H26NNaO4S. The number of aromatic nitrogens is 1. The van der Waals surface area contributed by atoms with Crippen LogP contribution in [0.1, 0.15) is 34.0 Å². The van der Waals surface area contributed by atoms with Crippen LogP contribution in [0.2, 0.25) is 0 Å². The predicted molar refractivity (Wildman–Crippen MR) is 140 cm³/mol. The smallest absolute Gasteiger partial charge is 0.545 e. The quantitative estimate of drug-likeness (QED) is 0.370. The molecule has 0 amide bonds. The number of carbonyl (C=O) groups excluding carboxylic acids is 1. The first-order chi connectivity index (χ1) is 16.9. The minimum Gasteiger partial charge on any atom is -0.545 e. The fraction of sp³-hybridized carbons (Fsp3) is 0.172. The van der Waals surface area contributed by atoms with Crippen LogP contribution in [0.3, 0.4) is 0 Å². The molecule has 0 aliphatic rings. The van der Waals surface area contributed by atoms with Crippen molar-refractivity contribution < 1.29 is 49.3 Å². The second-order valence-corrected chi connectivity index (χ2v) is 9.14. The Morgan fingerprint density at radius 2 is 1.69 bits per heavy atom. The Morgan fingerprint density at radius 1 is 1.03 bits per heavy atom. The molecule has 1 N–H and O–H groups in total. The van der Waals surface area contributed by atoms with Crippen molar-refractivity contribution in [2.45, 2.75) is 27.4 Å². The first-order valence-electron chi connectivity index (χ1n) is 11.4. The first-order valence-corrected chi connectivity index (χ1v) is 12.2. The predicted octanol–water partition coefficient (Wildman–Crippen LogP) is 2.68. The van der Waals surface area contributed by atoms with Gasteiger partial charge in [-0.1, -0.05) is 54.6 Å². The van der Waals surface area contributed by atoms with Crippen LogP contribution in [0.25, 0.3) is 31.6 Å². The second-order valence-electron chi connectivity index (χ2n) is 8.09. The van der Waals surface area contributed by atoms with Gasteiger partial charge in [-0.2, -0.15) is 0 Å². The number of thiophene rings is 1. The number of aliphatic hydroxyl groups excluding tert-OH is 1. The van der Waals surface area contributed by atoms with Crippen LogP contribution in [0.4, 0.5) is 0 Å². The first kappa shape index (κ1) is 27.8. The maximum absolute atomic E-state index is 12.2. The van der Waals surface area contributed by atoms with Crippen molar-refractivity contribution in [2.24, 2.45) is 0 Å². The van der Waals surface area contributed by atoms with E-state index in [0.29, 0.717) is 29.0 Å². The van der Waals surface area contributed by atoms with E-state index < -0.39 is 5.97 Å². The molecule has 0 fully saturated rings. The summed E-state index contributed by atoms with van der Waals surface area (Å²) >= 11 is 1.62. The topological polar surface area (TPSA) is 82.5 Å². The normalized spacial score (nSPS) is 10.4. The van der Waals surface area contributed by atoms with Crippen LogP contribution in [-0.2, 0) is 6.61 Å². The van der Waals surface area contributed by atoms with Gasteiger partial charge in [-0.25, -0.2) is 4.98 Å². The Labute approximate surface area is 236 Å². The number of rotatable bonds is 5. The Morgan fingerprint density at radius 3 is 2.36 bits per heavy atom. The van der Waals surface area contributed by atoms with Crippen molar-refractivity contribution in [1.82, 2.24) is 4.98 Å². The molecule has 0 atom stereocenters. The molecule has 5 rings (SSSR count). The summed E-state index contributed by atoms with van der Waals surface area (Å²) in [7, 11) is 0. The molecule has 0 saturated heterocycles. The maximum Gasteiger partial charge on any atom is 1.00 e. The number of hydrogen-bond acceptors (Lipinski definition) is 6. The molecule has 36 heavy (non-hydrogen) atoms. The van der Waals surface area contributed by atoms with Crippen molar-refractivity contribution in [1.29, 1.82) is 0 Å². The van der Waals surface area contributed by atoms with Crippen LogP contribution in [-0.4, -0.2) is 22.7 Å². The average Bonchev–Trinajstić information content (AvgIpc) is 3.21. The molecule has 0 bridgehead atoms. The van der Waals surface area contributed by atoms with Crippen molar-refractivity contribution in [3.05, 3.63) is 95.1 Å². The van der Waals surface area contributed by atoms with Crippen molar-refractivity contribution in [3.8, 4) is 16.3 Å². The number of aromatic carboxylic acids is 1. The molecule has 2 aromatic heterocycles. The van der Waals surface area contributed by atoms with Crippen LogP contribution >= 0.6 is 11.3 Å². The number of carboxylic acids is 1. The molecule has 5 aromatic rings. The Bertz CT molecular complexity index is 1500. The van der Waals surface area contributed by atoms with Gasteiger partial charge in [-0.15, -0.1) is 11.3 Å². The van der Waals surface area contributed by atoms with E-state index in [1.165, 1.54) is 0 Å². The van der Waals surface area contributed by atoms with Crippen LogP contribution in [0.15, 0.2) is 72.8 Å². The van der Waals surface area contributed by atoms with E-state index >= 15 is 0 Å². The molecule has 0 spiro atoms. The summed E-state index contributed by atoms with van der Waals surface area (Å²) in [6.07, 6.45) is 0. The van der Waals surface area contributed by atoms with E-state index in [2.05, 4.69) is 12.1 Å². The molecule has 0 radical (unpaired) electrons. The minimum atomic E-state index is -1.24. The number of benzene rings is 3. The summed E-state index contributed by atoms with van der Waals surface area (Å²) in [4.78, 5) is 18.1. The number of aryl methyl sites for hydroxylation is 2. The van der Waals surface area contributed by atoms with E-state index in [0.717, 1.165) is 31.7 Å². The van der Waals surface area contributed by atoms with Crippen molar-refractivity contribution >= 4 is 38.3 Å². The molecule has 0 aliphatic heterocycles. The van der Waals surface area contributed by atoms with Gasteiger partial charge in [0.15, 0.2) is 0 Å². The number of fused-ring (bicyclic) bond motifs is 2. The number of nitrogens with zero attached hydrogens (tertiary/aromatic N) is 1. The zero-order valence-corrected chi connectivity index (χ0v) is 23.7. The van der Waals surface area contributed by atoms with Gasteiger partial charge < -0.3 is 19.7 Å². The number of aliphatic hydroxyl groups is 1. The largest absolute Gasteiger partial charge is 1.00 e. The summed E-state index contributed by atoms with van der Waals surface area (Å²) in [6, 6.07) is 23.3. The van der Waals surface area contributed by atoms with Gasteiger partial charge in [0.1, 0.15) is 12.4 Å². The zero-order chi connectivity index (χ0) is 24.9. The minimum absolute atomic E-state index is 0. The number of carboxylic acid groups (broad SMARTS) is 1. The van der Waals surface area contributed by atoms with Crippen LogP contribution in [0.5, 0.6) is 5.75 Å². The van der Waals surface area contributed by atoms with E-state index in [1.807, 2.05) is 62.4 Å². The van der Waals surface area contributed by atoms with Gasteiger partial charge >= 0.3 is 29.6 Å². The zero-order valence-electron chi connectivity index (χ0n) is 20.9. The molecule has 0 aliphatic carbocycles. The molecule has 0 unspecified atom stereocenters. The van der Waals surface area contributed by atoms with Gasteiger partial charge in [-0.3, -0.25) is 0 Å². The fourth-order valence-corrected chi connectivity index (χ4v) is 5.16. The van der Waals surface area contributed by atoms with Gasteiger partial charge in [0.25, 0.3) is 0 Å². The molecule has 178 valence electrons. The SMILES string of the molecule is CCO.Cc1c(-c2cc(C(=O)[O-])c3c(OCc4ccccc4)ccc(C)c3n2)sc2ccccc12.[Na+]. The Balaban J connectivity index is 0.000000861. The maximum atomic E-state index is 12.2. The fourth-order valence-electron chi connectivity index (χ4n) is 3.99. The van der Waals surface area contributed by atoms with Crippen molar-refractivity contribution in [2.75, 3.05) is 6.61 Å². The number of pyridine rings is 1. The third-order valence-electron chi connectivity index (χ3n) is 5.66. The number of carbonyl (C=O) groups is 1. The summed E-state index contributed by atoms with van der Waals surface area (Å²) in [5.74, 6) is -0.756. The standard InChI is InChI=1S/C27H21NO3S.C2H6O.Na/c1-16-12-13-22(31-15-18-8-4-3-5-9-18)24-20(27(29)30)14-21(28-25(16)24)26-17(2)19-10-6-7-11-23(19)32-26;1-2-3;/h3-14H,15H2,1-2H3,(H,29,30);3H,2H2,1H3;/q;;+1/p-1. The van der Waals surface area contributed by atoms with E-state index in [-0.39, 0.29) is 41.7 Å². The van der Waals surface area contributed by atoms with Gasteiger partial charge in [0.2, 0.25) is 0 Å². The molecule has 7 heteroatoms. The summed E-state index contributed by atoms with van der Waals surface area (Å²) in [6.45, 7) is 6.24. The second kappa shape index (κ2) is 12.5. The van der Waals surface area contributed by atoms with Gasteiger partial charge in [-0.05, 0) is 61.0 Å². The van der Waals surface area contributed by atoms with Gasteiger partial charge in [0.05, 0.1) is 27.4 Å². The summed E-state index contributed by atoms with van der Waals surface area (Å²) in [5.41, 5.74) is 4.32. The van der Waals surface area contributed by atoms with Gasteiger partial charge in [0, 0.05) is 16.9 Å². The molecule has 3 aromatic carbocycles. The van der Waals surface area contributed by atoms with Crippen molar-refractivity contribution in [3.63, 3.8) is 0 Å². The molecule has 2 heterocycles. The van der Waals surface area contributed by atoms with E-state index in [9.17, 15) is 9.90 Å². The third kappa shape index (κ3) is 5.80. The molecule has 0 saturated carbocycles. The van der Waals surface area contributed by atoms with E-state index in [1.54, 1.807) is 30.4 Å². The molecular weight excluding hydrogens is 481 g/mol. The number of ether oxygens (including phenoxy) is 1. The Hall–Kier alpha value is -2.74. The Kier molecular flexibility index (Phi) is 9.65. The monoisotopic (exact) mass is 507 g/mol. The van der Waals surface area contributed by atoms with Crippen LogP contribution in [0, 0.1) is 13.8 Å². The summed E-state index contributed by atoms with van der Waals surface area (Å²) < 4.78 is 7.19. The van der Waals surface area contributed by atoms with Crippen LogP contribution < -0.4 is 39.4 Å². The average molecular weight is 508 g/mol. The summed E-state index contributed by atoms with van der Waals surface area (Å²) in [5, 5.41) is 21.4. The number of hydrogen-bond donors (Lipinski definition) is 1.